The molecule has 0 aliphatic heterocycles. The number of furan rings is 1. The molecule has 3 saturated carbocycles. The molecule has 0 saturated heterocycles. The minimum Gasteiger partial charge on any atom is -0.457 e. The molecule has 5 rings (SSSR count). The van der Waals surface area contributed by atoms with Crippen LogP contribution in [0.2, 0.25) is 0 Å². The third-order valence-electron chi connectivity index (χ3n) is 10.5. The number of ketones is 1. The summed E-state index contributed by atoms with van der Waals surface area (Å²) < 4.78 is 48.1. The Bertz CT molecular complexity index is 1560. The van der Waals surface area contributed by atoms with Crippen LogP contribution in [0.1, 0.15) is 57.5 Å². The first-order valence-electron chi connectivity index (χ1n) is 14.8. The monoisotopic (exact) mass is 698 g/mol. The Morgan fingerprint density at radius 1 is 1.22 bits per heavy atom. The normalized spacial score (nSPS) is 38.0. The average molecular weight is 700 g/mol. The maximum atomic E-state index is 17.7. The van der Waals surface area contributed by atoms with E-state index >= 15 is 8.78 Å². The number of hydrogen-bond acceptors (Lipinski definition) is 9. The number of thioether (sulfide) groups is 1. The van der Waals surface area contributed by atoms with Gasteiger partial charge in [0.25, 0.3) is 0 Å². The minimum absolute atomic E-state index is 0.0134. The number of fused-ring (bicyclic) bond motifs is 5. The number of aliphatic hydroxyl groups excluding tert-OH is 1. The van der Waals surface area contributed by atoms with E-state index in [0.29, 0.717) is 0 Å². The smallest absolute Gasteiger partial charge is 0.375 e. The van der Waals surface area contributed by atoms with E-state index in [0.717, 1.165) is 17.8 Å². The first-order valence-corrected chi connectivity index (χ1v) is 16.6. The highest BCUT2D eigenvalue weighted by atomic mass is 35.5. The number of carbonyl (C=O) groups excluding carboxylic acids is 4. The summed E-state index contributed by atoms with van der Waals surface area (Å²) in [5.74, 6) is 0.374. The molecular weight excluding hydrogens is 665 g/mol. The number of rotatable bonds is 6. The molecule has 248 valence electrons. The average Bonchev–Trinajstić information content (AvgIpc) is 3.59. The molecule has 0 spiro atoms. The molecule has 1 N–H and O–H groups in total. The van der Waals surface area contributed by atoms with Crippen molar-refractivity contribution in [1.82, 2.24) is 0 Å². The van der Waals surface area contributed by atoms with Crippen LogP contribution < -0.4 is 0 Å². The Balaban J connectivity index is 1.49. The molecule has 0 radical (unpaired) electrons. The van der Waals surface area contributed by atoms with Crippen molar-refractivity contribution < 1.29 is 47.0 Å². The lowest BCUT2D eigenvalue weighted by Gasteiger charge is -2.63. The zero-order valence-corrected chi connectivity index (χ0v) is 27.9. The zero-order chi connectivity index (χ0) is 33.9. The molecule has 46 heavy (non-hydrogen) atoms. The van der Waals surface area contributed by atoms with Crippen molar-refractivity contribution in [2.75, 3.05) is 12.4 Å². The van der Waals surface area contributed by atoms with Crippen molar-refractivity contribution in [3.8, 4) is 11.8 Å². The second-order valence-corrected chi connectivity index (χ2v) is 15.6. The summed E-state index contributed by atoms with van der Waals surface area (Å²) in [6.07, 6.45) is 1.15. The van der Waals surface area contributed by atoms with Gasteiger partial charge in [-0.15, -0.1) is 0 Å². The summed E-state index contributed by atoms with van der Waals surface area (Å²) in [6.45, 7) is 5.81. The molecule has 0 unspecified atom stereocenters. The second kappa shape index (κ2) is 12.1. The maximum Gasteiger partial charge on any atom is 0.375 e. The number of ether oxygens (including phenoxy) is 2. The van der Waals surface area contributed by atoms with Gasteiger partial charge in [0.15, 0.2) is 23.7 Å². The van der Waals surface area contributed by atoms with E-state index in [1.165, 1.54) is 44.4 Å². The van der Waals surface area contributed by atoms with Crippen LogP contribution in [-0.4, -0.2) is 68.2 Å². The van der Waals surface area contributed by atoms with E-state index < -0.39 is 79.3 Å². The van der Waals surface area contributed by atoms with Crippen LogP contribution in [0, 0.1) is 40.4 Å². The fourth-order valence-electron chi connectivity index (χ4n) is 8.35. The van der Waals surface area contributed by atoms with Crippen LogP contribution in [0.15, 0.2) is 46.6 Å². The predicted molar refractivity (Wildman–Crippen MR) is 166 cm³/mol. The Labute approximate surface area is 279 Å². The molecule has 1 aromatic rings. The highest BCUT2D eigenvalue weighted by molar-refractivity contribution is 8.14. The number of esters is 2. The SMILES string of the molecule is C[C@@H]1C[C@H]2[C@@H]3C[C@H](F)C4=CC(=O)C=C[C@]4(C)[C@@]3(F)[C@@H](O)C[C@]2(C)[C@@]1(OC(=O)c1ccco1)C(=O)SCC#CCOC(=O)C(C)(Cl)Cl. The van der Waals surface area contributed by atoms with Gasteiger partial charge >= 0.3 is 11.9 Å². The summed E-state index contributed by atoms with van der Waals surface area (Å²) in [6, 6.07) is 2.87. The third kappa shape index (κ3) is 5.24. The maximum absolute atomic E-state index is 17.7. The van der Waals surface area contributed by atoms with Crippen LogP contribution in [0.3, 0.4) is 0 Å². The lowest BCUT2D eigenvalue weighted by Crippen LogP contribution is -2.70. The number of aliphatic hydroxyl groups is 1. The van der Waals surface area contributed by atoms with E-state index in [1.807, 2.05) is 0 Å². The highest BCUT2D eigenvalue weighted by Crippen LogP contribution is 2.72. The quantitative estimate of drug-likeness (QED) is 0.225. The number of hydrogen-bond donors (Lipinski definition) is 1. The molecule has 8 nitrogen and oxygen atoms in total. The van der Waals surface area contributed by atoms with E-state index in [-0.39, 0.29) is 43.0 Å². The van der Waals surface area contributed by atoms with E-state index in [2.05, 4.69) is 11.8 Å². The molecule has 1 heterocycles. The van der Waals surface area contributed by atoms with Gasteiger partial charge in [0.05, 0.1) is 18.1 Å². The van der Waals surface area contributed by atoms with Gasteiger partial charge in [-0.05, 0) is 68.9 Å². The molecule has 3 fully saturated rings. The summed E-state index contributed by atoms with van der Waals surface area (Å²) in [5, 5.41) is 11.1. The Kier molecular flexibility index (Phi) is 9.12. The standard InChI is InChI=1S/C33H34Cl2F2O8S/c1-18-14-20-21-16-23(36)22-15-19(38)9-10-29(22,2)32(21,37)25(39)17-30(20,3)33(18,45-26(40)24-8-7-12-43-24)28(42)46-13-6-5-11-44-27(41)31(4,34)35/h7-10,12,15,18,20-21,23,25,39H,11,13-14,16-17H2,1-4H3/t18-,20+,21+,23+,25+,29+,30+,32+,33+/m1/s1. The summed E-state index contributed by atoms with van der Waals surface area (Å²) in [4.78, 5) is 51.6. The Morgan fingerprint density at radius 3 is 2.59 bits per heavy atom. The van der Waals surface area contributed by atoms with Crippen LogP contribution in [0.4, 0.5) is 8.78 Å². The fraction of sp³-hybridized carbons (Fsp3) is 0.576. The lowest BCUT2D eigenvalue weighted by atomic mass is 9.44. The van der Waals surface area contributed by atoms with E-state index in [9.17, 15) is 24.3 Å². The van der Waals surface area contributed by atoms with Crippen LogP contribution >= 0.6 is 35.0 Å². The van der Waals surface area contributed by atoms with Gasteiger partial charge in [-0.3, -0.25) is 9.59 Å². The van der Waals surface area contributed by atoms with Gasteiger partial charge in [0, 0.05) is 22.7 Å². The summed E-state index contributed by atoms with van der Waals surface area (Å²) in [5.41, 5.74) is -7.21. The van der Waals surface area contributed by atoms with Crippen molar-refractivity contribution in [2.45, 2.75) is 74.8 Å². The van der Waals surface area contributed by atoms with Crippen molar-refractivity contribution in [3.63, 3.8) is 0 Å². The van der Waals surface area contributed by atoms with E-state index in [1.54, 1.807) is 13.8 Å². The topological polar surface area (TPSA) is 120 Å². The van der Waals surface area contributed by atoms with Crippen molar-refractivity contribution in [1.29, 1.82) is 0 Å². The summed E-state index contributed by atoms with van der Waals surface area (Å²) >= 11 is 12.2. The molecule has 9 atom stereocenters. The fourth-order valence-corrected chi connectivity index (χ4v) is 9.45. The molecule has 0 amide bonds. The van der Waals surface area contributed by atoms with Gasteiger partial charge in [-0.2, -0.15) is 0 Å². The number of carbonyl (C=O) groups is 4. The number of alkyl halides is 4. The lowest BCUT2D eigenvalue weighted by molar-refractivity contribution is -0.221. The third-order valence-corrected chi connectivity index (χ3v) is 11.6. The minimum atomic E-state index is -2.37. The van der Waals surface area contributed by atoms with Crippen LogP contribution in [0.25, 0.3) is 0 Å². The number of allylic oxidation sites excluding steroid dienone is 4. The molecular formula is C33H34Cl2F2O8S. The first-order chi connectivity index (χ1) is 21.4. The number of halogens is 4. The predicted octanol–water partition coefficient (Wildman–Crippen LogP) is 5.74. The molecule has 0 bridgehead atoms. The molecule has 0 aromatic carbocycles. The van der Waals surface area contributed by atoms with Gasteiger partial charge in [-0.1, -0.05) is 66.7 Å². The van der Waals surface area contributed by atoms with E-state index in [4.69, 9.17) is 37.1 Å². The molecule has 4 aliphatic rings. The Hall–Kier alpha value is -2.65. The molecule has 4 aliphatic carbocycles. The van der Waals surface area contributed by atoms with Crippen LogP contribution in [0.5, 0.6) is 0 Å². The second-order valence-electron chi connectivity index (χ2n) is 13.0. The molecule has 13 heteroatoms. The van der Waals surface area contributed by atoms with Gasteiger partial charge in [0.1, 0.15) is 6.17 Å². The largest absolute Gasteiger partial charge is 0.457 e. The van der Waals surface area contributed by atoms with Gasteiger partial charge < -0.3 is 19.0 Å². The highest BCUT2D eigenvalue weighted by Gasteiger charge is 2.78. The van der Waals surface area contributed by atoms with Gasteiger partial charge in [-0.25, -0.2) is 18.4 Å². The zero-order valence-electron chi connectivity index (χ0n) is 25.6. The Morgan fingerprint density at radius 2 is 1.93 bits per heavy atom. The van der Waals surface area contributed by atoms with Crippen LogP contribution in [-0.2, 0) is 23.9 Å². The van der Waals surface area contributed by atoms with Gasteiger partial charge in [0.2, 0.25) is 15.2 Å². The van der Waals surface area contributed by atoms with Crippen molar-refractivity contribution in [2.24, 2.45) is 28.6 Å². The molecule has 1 aromatic heterocycles. The first kappa shape index (κ1) is 34.7. The van der Waals surface area contributed by atoms with Crippen molar-refractivity contribution in [3.05, 3.63) is 48.0 Å². The summed E-state index contributed by atoms with van der Waals surface area (Å²) in [7, 11) is 0. The van der Waals surface area contributed by atoms with Crippen molar-refractivity contribution >= 4 is 57.8 Å².